The van der Waals surface area contributed by atoms with Crippen LogP contribution in [0.1, 0.15) is 0 Å². The smallest absolute Gasteiger partial charge is 0.432 e. The van der Waals surface area contributed by atoms with Crippen LogP contribution in [0, 0.1) is 0 Å². The second-order valence-electron chi connectivity index (χ2n) is 4.92. The lowest BCUT2D eigenvalue weighted by molar-refractivity contribution is -0.493. The van der Waals surface area contributed by atoms with E-state index in [1.807, 2.05) is 0 Å². The fraction of sp³-hybridized carbons (Fsp3) is 0.385. The normalized spacial score (nSPS) is 15.4. The van der Waals surface area contributed by atoms with Crippen molar-refractivity contribution in [1.29, 1.82) is 0 Å². The molecule has 1 aliphatic rings. The molecule has 1 fully saturated rings. The summed E-state index contributed by atoms with van der Waals surface area (Å²) in [5, 5.41) is 19.7. The van der Waals surface area contributed by atoms with Crippen molar-refractivity contribution in [3.05, 3.63) is 22.2 Å². The molecule has 5 N–H and O–H groups in total. The molecule has 1 aromatic rings. The van der Waals surface area contributed by atoms with E-state index in [0.29, 0.717) is 40.5 Å². The third kappa shape index (κ3) is 6.05. The Morgan fingerprint density at radius 3 is 2.65 bits per heavy atom. The van der Waals surface area contributed by atoms with Crippen LogP contribution in [0.4, 0.5) is 16.2 Å². The van der Waals surface area contributed by atoms with Crippen LogP contribution in [0.15, 0.2) is 17.1 Å². The standard InChI is InChI=1S/C13H17Cl2N5O6/c14-9-5-8(16)6-10(15)11(9)18-12-17-1-2-19(12)7-25-13(21)24-3-4-26-20(22)23/h5-6,22-23H,1-4,7,16H2,(H,17,18). The van der Waals surface area contributed by atoms with Crippen molar-refractivity contribution in [2.75, 3.05) is 38.8 Å². The highest BCUT2D eigenvalue weighted by Crippen LogP contribution is 2.35. The molecule has 1 heterocycles. The summed E-state index contributed by atoms with van der Waals surface area (Å²) < 4.78 is 9.62. The van der Waals surface area contributed by atoms with E-state index in [9.17, 15) is 4.79 Å². The first-order valence-electron chi connectivity index (χ1n) is 7.29. The monoisotopic (exact) mass is 409 g/mol. The van der Waals surface area contributed by atoms with Gasteiger partial charge < -0.3 is 25.4 Å². The predicted octanol–water partition coefficient (Wildman–Crippen LogP) is 1.59. The van der Waals surface area contributed by atoms with Crippen LogP contribution in [0.3, 0.4) is 0 Å². The number of carbonyl (C=O) groups is 1. The van der Waals surface area contributed by atoms with E-state index in [2.05, 4.69) is 19.9 Å². The molecule has 13 heteroatoms. The summed E-state index contributed by atoms with van der Waals surface area (Å²) in [6.07, 6.45) is -0.953. The zero-order valence-corrected chi connectivity index (χ0v) is 14.9. The number of halogens is 2. The van der Waals surface area contributed by atoms with Gasteiger partial charge in [-0.05, 0) is 12.1 Å². The van der Waals surface area contributed by atoms with Crippen LogP contribution in [0.5, 0.6) is 0 Å². The van der Waals surface area contributed by atoms with Gasteiger partial charge in [-0.1, -0.05) is 23.2 Å². The molecule has 0 amide bonds. The molecule has 2 rings (SSSR count). The SMILES string of the molecule is Nc1cc(Cl)c(/N=C2\NCCN2COC(=O)OCCON(O)O)c(Cl)c1. The summed E-state index contributed by atoms with van der Waals surface area (Å²) in [4.78, 5) is 21.7. The van der Waals surface area contributed by atoms with Gasteiger partial charge in [0, 0.05) is 18.8 Å². The maximum atomic E-state index is 11.5. The lowest BCUT2D eigenvalue weighted by Crippen LogP contribution is -2.33. The first kappa shape index (κ1) is 20.3. The molecule has 0 aliphatic carbocycles. The van der Waals surface area contributed by atoms with Crippen LogP contribution < -0.4 is 11.1 Å². The highest BCUT2D eigenvalue weighted by atomic mass is 35.5. The zero-order chi connectivity index (χ0) is 19.1. The quantitative estimate of drug-likeness (QED) is 0.227. The second-order valence-corrected chi connectivity index (χ2v) is 5.73. The number of rotatable bonds is 7. The first-order chi connectivity index (χ1) is 12.4. The Morgan fingerprint density at radius 2 is 2.00 bits per heavy atom. The predicted molar refractivity (Wildman–Crippen MR) is 91.3 cm³/mol. The summed E-state index contributed by atoms with van der Waals surface area (Å²) in [6.45, 7) is 0.504. The van der Waals surface area contributed by atoms with E-state index >= 15 is 0 Å². The maximum Gasteiger partial charge on any atom is 0.510 e. The van der Waals surface area contributed by atoms with Crippen molar-refractivity contribution in [1.82, 2.24) is 15.6 Å². The molecule has 1 saturated heterocycles. The van der Waals surface area contributed by atoms with Gasteiger partial charge >= 0.3 is 6.16 Å². The molecule has 26 heavy (non-hydrogen) atoms. The van der Waals surface area contributed by atoms with E-state index in [1.165, 1.54) is 12.1 Å². The van der Waals surface area contributed by atoms with E-state index in [1.54, 1.807) is 4.90 Å². The number of nitrogens with two attached hydrogens (primary N) is 1. The minimum absolute atomic E-state index is 0.123. The fourth-order valence-corrected chi connectivity index (χ4v) is 2.56. The molecular weight excluding hydrogens is 393 g/mol. The number of hydrogen-bond acceptors (Lipinski definition) is 9. The molecule has 0 atom stereocenters. The molecular formula is C13H17Cl2N5O6. The lowest BCUT2D eigenvalue weighted by atomic mass is 10.3. The minimum Gasteiger partial charge on any atom is -0.432 e. The number of carbonyl (C=O) groups excluding carboxylic acids is 1. The highest BCUT2D eigenvalue weighted by Gasteiger charge is 2.21. The number of nitrogen functional groups attached to an aromatic ring is 1. The molecule has 0 unspecified atom stereocenters. The Hall–Kier alpha value is -2.02. The lowest BCUT2D eigenvalue weighted by Gasteiger charge is -2.17. The van der Waals surface area contributed by atoms with Crippen LogP contribution in [-0.2, 0) is 14.3 Å². The molecule has 0 spiro atoms. The molecule has 1 aliphatic heterocycles. The van der Waals surface area contributed by atoms with Crippen molar-refractivity contribution in [2.45, 2.75) is 0 Å². The Morgan fingerprint density at radius 1 is 1.31 bits per heavy atom. The van der Waals surface area contributed by atoms with E-state index in [4.69, 9.17) is 44.1 Å². The van der Waals surface area contributed by atoms with Crippen LogP contribution in [0.2, 0.25) is 10.0 Å². The summed E-state index contributed by atoms with van der Waals surface area (Å²) >= 11 is 12.2. The van der Waals surface area contributed by atoms with Gasteiger partial charge in [0.15, 0.2) is 6.73 Å². The maximum absolute atomic E-state index is 11.5. The molecule has 0 saturated carbocycles. The summed E-state index contributed by atoms with van der Waals surface area (Å²) in [5.74, 6) is 0.422. The number of nitrogens with one attached hydrogen (secondary N) is 1. The van der Waals surface area contributed by atoms with Gasteiger partial charge in [0.05, 0.1) is 15.4 Å². The summed E-state index contributed by atoms with van der Waals surface area (Å²) in [5.41, 5.74) is 6.42. The van der Waals surface area contributed by atoms with Crippen molar-refractivity contribution >= 4 is 46.7 Å². The van der Waals surface area contributed by atoms with Gasteiger partial charge in [-0.3, -0.25) is 10.4 Å². The minimum atomic E-state index is -0.953. The van der Waals surface area contributed by atoms with Crippen LogP contribution in [0.25, 0.3) is 0 Å². The van der Waals surface area contributed by atoms with E-state index in [0.717, 1.165) is 0 Å². The van der Waals surface area contributed by atoms with Crippen molar-refractivity contribution < 1.29 is 29.5 Å². The largest absolute Gasteiger partial charge is 0.510 e. The first-order valence-corrected chi connectivity index (χ1v) is 8.05. The second kappa shape index (κ2) is 9.62. The number of guanidine groups is 1. The summed E-state index contributed by atoms with van der Waals surface area (Å²) in [6, 6.07) is 3.06. The van der Waals surface area contributed by atoms with E-state index in [-0.39, 0.29) is 19.9 Å². The third-order valence-corrected chi connectivity index (χ3v) is 3.65. The molecule has 0 bridgehead atoms. The average molecular weight is 410 g/mol. The fourth-order valence-electron chi connectivity index (χ4n) is 1.97. The topological polar surface area (TPSA) is 142 Å². The van der Waals surface area contributed by atoms with Gasteiger partial charge in [-0.2, -0.15) is 0 Å². The van der Waals surface area contributed by atoms with Gasteiger partial charge in [0.25, 0.3) is 0 Å². The number of ether oxygens (including phenoxy) is 2. The Kier molecular flexibility index (Phi) is 7.50. The average Bonchev–Trinajstić information content (AvgIpc) is 3.00. The molecule has 144 valence electrons. The number of nitrogens with zero attached hydrogens (tertiary/aromatic N) is 3. The molecule has 0 radical (unpaired) electrons. The van der Waals surface area contributed by atoms with Gasteiger partial charge in [0.2, 0.25) is 5.96 Å². The van der Waals surface area contributed by atoms with Crippen molar-refractivity contribution in [2.24, 2.45) is 4.99 Å². The van der Waals surface area contributed by atoms with Crippen LogP contribution >= 0.6 is 23.2 Å². The van der Waals surface area contributed by atoms with Gasteiger partial charge in [0.1, 0.15) is 18.9 Å². The van der Waals surface area contributed by atoms with E-state index < -0.39 is 11.5 Å². The van der Waals surface area contributed by atoms with Crippen molar-refractivity contribution in [3.8, 4) is 0 Å². The van der Waals surface area contributed by atoms with Crippen molar-refractivity contribution in [3.63, 3.8) is 0 Å². The zero-order valence-electron chi connectivity index (χ0n) is 13.4. The number of aliphatic imine (C=N–C) groups is 1. The number of anilines is 1. The number of benzene rings is 1. The van der Waals surface area contributed by atoms with Gasteiger partial charge in [-0.25, -0.2) is 14.6 Å². The Labute approximate surface area is 158 Å². The van der Waals surface area contributed by atoms with Gasteiger partial charge in [-0.15, -0.1) is 0 Å². The Bertz CT molecular complexity index is 651. The number of hydrogen-bond donors (Lipinski definition) is 4. The summed E-state index contributed by atoms with van der Waals surface area (Å²) in [7, 11) is 0. The highest BCUT2D eigenvalue weighted by molar-refractivity contribution is 6.39. The van der Waals surface area contributed by atoms with Crippen LogP contribution in [-0.4, -0.2) is 65.9 Å². The third-order valence-electron chi connectivity index (χ3n) is 3.07. The molecule has 0 aromatic heterocycles. The molecule has 11 nitrogen and oxygen atoms in total. The molecule has 1 aromatic carbocycles. The Balaban J connectivity index is 1.89.